The first kappa shape index (κ1) is 14.2. The zero-order chi connectivity index (χ0) is 13.6. The molecule has 0 radical (unpaired) electrons. The van der Waals surface area contributed by atoms with Crippen LogP contribution in [0.3, 0.4) is 0 Å². The Morgan fingerprint density at radius 1 is 1.33 bits per heavy atom. The summed E-state index contributed by atoms with van der Waals surface area (Å²) in [6, 6.07) is 6.49. The van der Waals surface area contributed by atoms with Gasteiger partial charge < -0.3 is 9.84 Å². The molecule has 1 aromatic rings. The molecule has 0 amide bonds. The van der Waals surface area contributed by atoms with E-state index in [0.29, 0.717) is 11.1 Å². The summed E-state index contributed by atoms with van der Waals surface area (Å²) in [6.07, 6.45) is -2.14. The molecule has 0 aliphatic carbocycles. The molecule has 0 fully saturated rings. The van der Waals surface area contributed by atoms with Gasteiger partial charge in [-0.3, -0.25) is 0 Å². The highest BCUT2D eigenvalue weighted by Gasteiger charge is 2.27. The highest BCUT2D eigenvalue weighted by molar-refractivity contribution is 5.85. The Labute approximate surface area is 101 Å². The molecule has 0 spiro atoms. The van der Waals surface area contributed by atoms with E-state index in [1.165, 1.54) is 6.08 Å². The minimum absolute atomic E-state index is 0.223. The highest BCUT2D eigenvalue weighted by Crippen LogP contribution is 2.17. The summed E-state index contributed by atoms with van der Waals surface area (Å²) in [7, 11) is 0. The van der Waals surface area contributed by atoms with Crippen LogP contribution in [0.2, 0.25) is 0 Å². The van der Waals surface area contributed by atoms with Crippen LogP contribution in [0.25, 0.3) is 6.08 Å². The summed E-state index contributed by atoms with van der Waals surface area (Å²) in [5.41, 5.74) is 1.02. The van der Waals surface area contributed by atoms with Gasteiger partial charge in [-0.2, -0.15) is 13.2 Å². The summed E-state index contributed by atoms with van der Waals surface area (Å²) in [5, 5.41) is 8.48. The normalized spacial score (nSPS) is 11.9. The number of carboxylic acid groups (broad SMARTS) is 1. The number of aliphatic carboxylic acids is 1. The maximum Gasteiger partial charge on any atom is 0.411 e. The van der Waals surface area contributed by atoms with Crippen molar-refractivity contribution in [3.8, 4) is 0 Å². The fourth-order valence-corrected chi connectivity index (χ4v) is 1.27. The molecule has 0 aliphatic heterocycles. The van der Waals surface area contributed by atoms with Crippen LogP contribution in [0.5, 0.6) is 0 Å². The summed E-state index contributed by atoms with van der Waals surface area (Å²) in [5.74, 6) is -1.12. The molecule has 98 valence electrons. The van der Waals surface area contributed by atoms with Crippen LogP contribution in [-0.4, -0.2) is 23.9 Å². The third kappa shape index (κ3) is 5.49. The van der Waals surface area contributed by atoms with Gasteiger partial charge in [0.1, 0.15) is 6.61 Å². The van der Waals surface area contributed by atoms with Crippen LogP contribution in [0, 0.1) is 0 Å². The molecule has 1 rings (SSSR count). The second-order valence-corrected chi connectivity index (χ2v) is 3.48. The minimum Gasteiger partial charge on any atom is -0.478 e. The van der Waals surface area contributed by atoms with Crippen molar-refractivity contribution in [3.05, 3.63) is 41.5 Å². The van der Waals surface area contributed by atoms with E-state index in [9.17, 15) is 18.0 Å². The van der Waals surface area contributed by atoms with E-state index in [-0.39, 0.29) is 6.61 Å². The van der Waals surface area contributed by atoms with Crippen molar-refractivity contribution < 1.29 is 27.8 Å². The number of carbonyl (C=O) groups is 1. The second-order valence-electron chi connectivity index (χ2n) is 3.48. The highest BCUT2D eigenvalue weighted by atomic mass is 19.4. The van der Waals surface area contributed by atoms with Crippen molar-refractivity contribution in [2.45, 2.75) is 12.8 Å². The van der Waals surface area contributed by atoms with Gasteiger partial charge in [0.15, 0.2) is 0 Å². The number of halogens is 3. The summed E-state index contributed by atoms with van der Waals surface area (Å²) < 4.78 is 40.2. The number of benzene rings is 1. The average molecular weight is 260 g/mol. The smallest absolute Gasteiger partial charge is 0.411 e. The Balaban J connectivity index is 2.68. The topological polar surface area (TPSA) is 46.5 Å². The lowest BCUT2D eigenvalue weighted by Gasteiger charge is -2.09. The van der Waals surface area contributed by atoms with Crippen molar-refractivity contribution in [3.63, 3.8) is 0 Å². The van der Waals surface area contributed by atoms with Crippen molar-refractivity contribution in [1.29, 1.82) is 0 Å². The molecule has 18 heavy (non-hydrogen) atoms. The Hall–Kier alpha value is -1.82. The molecular formula is C12H11F3O3. The molecule has 0 heterocycles. The Kier molecular flexibility index (Phi) is 4.91. The Morgan fingerprint density at radius 2 is 2.00 bits per heavy atom. The summed E-state index contributed by atoms with van der Waals surface area (Å²) in [4.78, 5) is 10.4. The fourth-order valence-electron chi connectivity index (χ4n) is 1.27. The number of alkyl halides is 3. The predicted octanol–water partition coefficient (Wildman–Crippen LogP) is 2.86. The zero-order valence-electron chi connectivity index (χ0n) is 9.28. The first-order valence-corrected chi connectivity index (χ1v) is 5.02. The molecule has 6 heteroatoms. The van der Waals surface area contributed by atoms with Gasteiger partial charge in [-0.1, -0.05) is 24.3 Å². The molecule has 0 saturated heterocycles. The monoisotopic (exact) mass is 260 g/mol. The predicted molar refractivity (Wildman–Crippen MR) is 58.8 cm³/mol. The van der Waals surface area contributed by atoms with E-state index < -0.39 is 18.8 Å². The van der Waals surface area contributed by atoms with Gasteiger partial charge in [0.05, 0.1) is 6.61 Å². The fraction of sp³-hybridized carbons (Fsp3) is 0.250. The molecule has 0 aliphatic rings. The number of rotatable bonds is 5. The van der Waals surface area contributed by atoms with Crippen molar-refractivity contribution in [2.24, 2.45) is 0 Å². The van der Waals surface area contributed by atoms with Crippen molar-refractivity contribution in [1.82, 2.24) is 0 Å². The van der Waals surface area contributed by atoms with Crippen LogP contribution in [0.4, 0.5) is 13.2 Å². The van der Waals surface area contributed by atoms with E-state index in [2.05, 4.69) is 4.74 Å². The van der Waals surface area contributed by atoms with Crippen LogP contribution < -0.4 is 0 Å². The zero-order valence-corrected chi connectivity index (χ0v) is 9.28. The first-order valence-electron chi connectivity index (χ1n) is 5.02. The standard InChI is InChI=1S/C12H11F3O3/c13-12(14,15)8-18-7-10-4-2-1-3-9(10)5-6-11(16)17/h1-6H,7-8H2,(H,16,17). The van der Waals surface area contributed by atoms with E-state index in [1.54, 1.807) is 24.3 Å². The Morgan fingerprint density at radius 3 is 2.61 bits per heavy atom. The van der Waals surface area contributed by atoms with Crippen molar-refractivity contribution in [2.75, 3.05) is 6.61 Å². The van der Waals surface area contributed by atoms with Gasteiger partial charge in [0.25, 0.3) is 0 Å². The maximum absolute atomic E-state index is 11.9. The van der Waals surface area contributed by atoms with Crippen LogP contribution in [0.1, 0.15) is 11.1 Å². The quantitative estimate of drug-likeness (QED) is 0.828. The lowest BCUT2D eigenvalue weighted by Crippen LogP contribution is -2.16. The molecule has 0 saturated carbocycles. The third-order valence-electron chi connectivity index (χ3n) is 1.98. The van der Waals surface area contributed by atoms with Gasteiger partial charge in [0.2, 0.25) is 0 Å². The second kappa shape index (κ2) is 6.20. The largest absolute Gasteiger partial charge is 0.478 e. The molecule has 0 atom stereocenters. The van der Waals surface area contributed by atoms with E-state index in [1.807, 2.05) is 0 Å². The summed E-state index contributed by atoms with van der Waals surface area (Å²) in [6.45, 7) is -1.55. The summed E-state index contributed by atoms with van der Waals surface area (Å²) >= 11 is 0. The van der Waals surface area contributed by atoms with E-state index >= 15 is 0 Å². The van der Waals surface area contributed by atoms with Gasteiger partial charge in [-0.25, -0.2) is 4.79 Å². The van der Waals surface area contributed by atoms with Crippen LogP contribution in [0.15, 0.2) is 30.3 Å². The van der Waals surface area contributed by atoms with Crippen LogP contribution in [-0.2, 0) is 16.1 Å². The average Bonchev–Trinajstić information content (AvgIpc) is 2.26. The van der Waals surface area contributed by atoms with E-state index in [0.717, 1.165) is 6.08 Å². The van der Waals surface area contributed by atoms with E-state index in [4.69, 9.17) is 5.11 Å². The molecule has 1 aromatic carbocycles. The lowest BCUT2D eigenvalue weighted by molar-refractivity contribution is -0.176. The molecule has 0 bridgehead atoms. The molecule has 3 nitrogen and oxygen atoms in total. The van der Waals surface area contributed by atoms with Gasteiger partial charge in [0, 0.05) is 6.08 Å². The number of hydrogen-bond acceptors (Lipinski definition) is 2. The van der Waals surface area contributed by atoms with Gasteiger partial charge in [-0.05, 0) is 17.2 Å². The van der Waals surface area contributed by atoms with Gasteiger partial charge >= 0.3 is 12.1 Å². The molecule has 0 aromatic heterocycles. The maximum atomic E-state index is 11.9. The number of ether oxygens (including phenoxy) is 1. The molecular weight excluding hydrogens is 249 g/mol. The Bertz CT molecular complexity index is 438. The number of carboxylic acids is 1. The third-order valence-corrected chi connectivity index (χ3v) is 1.98. The minimum atomic E-state index is -4.37. The molecule has 1 N–H and O–H groups in total. The number of hydrogen-bond donors (Lipinski definition) is 1. The molecule has 0 unspecified atom stereocenters. The van der Waals surface area contributed by atoms with Crippen molar-refractivity contribution >= 4 is 12.0 Å². The first-order chi connectivity index (χ1) is 8.38. The van der Waals surface area contributed by atoms with Gasteiger partial charge in [-0.15, -0.1) is 0 Å². The lowest BCUT2D eigenvalue weighted by atomic mass is 10.1. The van der Waals surface area contributed by atoms with Crippen LogP contribution >= 0.6 is 0 Å². The SMILES string of the molecule is O=C(O)C=Cc1ccccc1COCC(F)(F)F.